The summed E-state index contributed by atoms with van der Waals surface area (Å²) in [5.41, 5.74) is 0. The molecule has 2 unspecified atom stereocenters. The molecule has 0 radical (unpaired) electrons. The maximum Gasteiger partial charge on any atom is 0.253 e. The number of nitrogens with one attached hydrogen (secondary N) is 1. The molecule has 2 saturated heterocycles. The van der Waals surface area contributed by atoms with Crippen molar-refractivity contribution in [2.24, 2.45) is 5.92 Å². The van der Waals surface area contributed by atoms with E-state index in [0.717, 1.165) is 25.9 Å². The molecule has 2 fully saturated rings. The normalized spacial score (nSPS) is 33.8. The van der Waals surface area contributed by atoms with Crippen molar-refractivity contribution in [2.45, 2.75) is 37.6 Å². The molecule has 0 spiro atoms. The zero-order valence-electron chi connectivity index (χ0n) is 9.31. The van der Waals surface area contributed by atoms with Crippen molar-refractivity contribution in [2.75, 3.05) is 26.7 Å². The molecule has 2 aliphatic heterocycles. The fourth-order valence-electron chi connectivity index (χ4n) is 2.71. The van der Waals surface area contributed by atoms with Crippen LogP contribution < -0.4 is 5.32 Å². The minimum absolute atomic E-state index is 0.0332. The first-order valence-electron chi connectivity index (χ1n) is 5.88. The van der Waals surface area contributed by atoms with Gasteiger partial charge < -0.3 is 10.2 Å². The van der Waals surface area contributed by atoms with Crippen molar-refractivity contribution >= 4 is 0 Å². The standard InChI is InChI=1S/C11H20F2N2/c1-15-6-4-9(8-15)11(12,13)7-10-3-2-5-14-10/h9-10,14H,2-8H2,1H3. The van der Waals surface area contributed by atoms with Crippen molar-refractivity contribution in [1.82, 2.24) is 10.2 Å². The molecular formula is C11H20F2N2. The van der Waals surface area contributed by atoms with Crippen LogP contribution in [0.1, 0.15) is 25.7 Å². The van der Waals surface area contributed by atoms with Crippen LogP contribution in [0.15, 0.2) is 0 Å². The monoisotopic (exact) mass is 218 g/mol. The number of alkyl halides is 2. The summed E-state index contributed by atoms with van der Waals surface area (Å²) in [6.45, 7) is 2.28. The quantitative estimate of drug-likeness (QED) is 0.776. The van der Waals surface area contributed by atoms with Gasteiger partial charge in [0.1, 0.15) is 0 Å². The second-order valence-electron chi connectivity index (χ2n) is 5.01. The highest BCUT2D eigenvalue weighted by Gasteiger charge is 2.44. The molecule has 0 bridgehead atoms. The molecule has 0 amide bonds. The highest BCUT2D eigenvalue weighted by molar-refractivity contribution is 4.89. The third kappa shape index (κ3) is 2.67. The Morgan fingerprint density at radius 3 is 2.73 bits per heavy atom. The molecule has 2 nitrogen and oxygen atoms in total. The van der Waals surface area contributed by atoms with Crippen LogP contribution in [-0.2, 0) is 0 Å². The maximum atomic E-state index is 13.9. The lowest BCUT2D eigenvalue weighted by Crippen LogP contribution is -2.37. The van der Waals surface area contributed by atoms with Crippen molar-refractivity contribution in [3.05, 3.63) is 0 Å². The van der Waals surface area contributed by atoms with Crippen molar-refractivity contribution in [1.29, 1.82) is 0 Å². The first-order valence-corrected chi connectivity index (χ1v) is 5.88. The first kappa shape index (κ1) is 11.3. The Bertz CT molecular complexity index is 215. The van der Waals surface area contributed by atoms with Gasteiger partial charge in [0.25, 0.3) is 5.92 Å². The van der Waals surface area contributed by atoms with E-state index < -0.39 is 11.8 Å². The van der Waals surface area contributed by atoms with E-state index in [1.54, 1.807) is 0 Å². The van der Waals surface area contributed by atoms with Gasteiger partial charge in [0, 0.05) is 24.9 Å². The molecule has 15 heavy (non-hydrogen) atoms. The van der Waals surface area contributed by atoms with E-state index in [9.17, 15) is 8.78 Å². The largest absolute Gasteiger partial charge is 0.314 e. The highest BCUT2D eigenvalue weighted by atomic mass is 19.3. The Morgan fingerprint density at radius 2 is 2.20 bits per heavy atom. The Morgan fingerprint density at radius 1 is 1.40 bits per heavy atom. The van der Waals surface area contributed by atoms with Gasteiger partial charge in [-0.2, -0.15) is 0 Å². The molecule has 2 rings (SSSR count). The Hall–Kier alpha value is -0.220. The van der Waals surface area contributed by atoms with Crippen LogP contribution in [0.2, 0.25) is 0 Å². The Balaban J connectivity index is 1.87. The number of likely N-dealkylation sites (tertiary alicyclic amines) is 1. The summed E-state index contributed by atoms with van der Waals surface area (Å²) in [4.78, 5) is 2.00. The predicted octanol–water partition coefficient (Wildman–Crippen LogP) is 1.72. The van der Waals surface area contributed by atoms with Crippen molar-refractivity contribution in [3.63, 3.8) is 0 Å². The summed E-state index contributed by atoms with van der Waals surface area (Å²) < 4.78 is 27.8. The molecule has 0 aromatic rings. The summed E-state index contributed by atoms with van der Waals surface area (Å²) in [5, 5.41) is 3.15. The minimum atomic E-state index is -2.48. The number of rotatable bonds is 3. The van der Waals surface area contributed by atoms with Crippen LogP contribution >= 0.6 is 0 Å². The average molecular weight is 218 g/mol. The van der Waals surface area contributed by atoms with Gasteiger partial charge >= 0.3 is 0 Å². The van der Waals surface area contributed by atoms with Gasteiger partial charge in [-0.25, -0.2) is 8.78 Å². The molecule has 0 aliphatic carbocycles. The summed E-state index contributed by atoms with van der Waals surface area (Å²) >= 11 is 0. The fraction of sp³-hybridized carbons (Fsp3) is 1.00. The third-order valence-electron chi connectivity index (χ3n) is 3.67. The van der Waals surface area contributed by atoms with Crippen LogP contribution in [0.25, 0.3) is 0 Å². The van der Waals surface area contributed by atoms with Gasteiger partial charge in [0.15, 0.2) is 0 Å². The molecule has 0 aromatic carbocycles. The lowest BCUT2D eigenvalue weighted by Gasteiger charge is -2.26. The molecule has 0 saturated carbocycles. The van der Waals surface area contributed by atoms with E-state index in [-0.39, 0.29) is 12.5 Å². The summed E-state index contributed by atoms with van der Waals surface area (Å²) in [5.74, 6) is -2.91. The van der Waals surface area contributed by atoms with Gasteiger partial charge in [0.05, 0.1) is 0 Å². The van der Waals surface area contributed by atoms with Gasteiger partial charge in [-0.15, -0.1) is 0 Å². The average Bonchev–Trinajstić information content (AvgIpc) is 2.75. The van der Waals surface area contributed by atoms with Crippen molar-refractivity contribution in [3.8, 4) is 0 Å². The van der Waals surface area contributed by atoms with Crippen LogP contribution in [-0.4, -0.2) is 43.5 Å². The zero-order chi connectivity index (χ0) is 10.9. The zero-order valence-corrected chi connectivity index (χ0v) is 9.31. The SMILES string of the molecule is CN1CCC(C(F)(F)CC2CCCN2)C1. The van der Waals surface area contributed by atoms with Crippen LogP contribution in [0.4, 0.5) is 8.78 Å². The maximum absolute atomic E-state index is 13.9. The fourth-order valence-corrected chi connectivity index (χ4v) is 2.71. The second-order valence-corrected chi connectivity index (χ2v) is 5.01. The smallest absolute Gasteiger partial charge is 0.253 e. The Labute approximate surface area is 90.0 Å². The van der Waals surface area contributed by atoms with Gasteiger partial charge in [-0.05, 0) is 39.4 Å². The van der Waals surface area contributed by atoms with E-state index in [1.807, 2.05) is 11.9 Å². The van der Waals surface area contributed by atoms with E-state index in [0.29, 0.717) is 13.0 Å². The summed E-state index contributed by atoms with van der Waals surface area (Å²) in [6, 6.07) is 0.0471. The van der Waals surface area contributed by atoms with E-state index in [1.165, 1.54) is 0 Å². The molecule has 2 aliphatic rings. The molecular weight excluding hydrogens is 198 g/mol. The summed E-state index contributed by atoms with van der Waals surface area (Å²) in [6.07, 6.45) is 2.64. The molecule has 2 heterocycles. The van der Waals surface area contributed by atoms with Crippen LogP contribution in [0.5, 0.6) is 0 Å². The summed E-state index contributed by atoms with van der Waals surface area (Å²) in [7, 11) is 1.92. The van der Waals surface area contributed by atoms with Crippen LogP contribution in [0.3, 0.4) is 0 Å². The van der Waals surface area contributed by atoms with Crippen LogP contribution in [0, 0.1) is 5.92 Å². The number of hydrogen-bond donors (Lipinski definition) is 1. The molecule has 4 heteroatoms. The number of hydrogen-bond acceptors (Lipinski definition) is 2. The van der Waals surface area contributed by atoms with E-state index in [4.69, 9.17) is 0 Å². The molecule has 2 atom stereocenters. The first-order chi connectivity index (χ1) is 7.08. The van der Waals surface area contributed by atoms with Crippen molar-refractivity contribution < 1.29 is 8.78 Å². The topological polar surface area (TPSA) is 15.3 Å². The van der Waals surface area contributed by atoms with Gasteiger partial charge in [-0.3, -0.25) is 0 Å². The lowest BCUT2D eigenvalue weighted by molar-refractivity contribution is -0.0667. The number of nitrogens with zero attached hydrogens (tertiary/aromatic N) is 1. The Kier molecular flexibility index (Phi) is 3.26. The second kappa shape index (κ2) is 4.34. The molecule has 1 N–H and O–H groups in total. The minimum Gasteiger partial charge on any atom is -0.314 e. The molecule has 0 aromatic heterocycles. The van der Waals surface area contributed by atoms with E-state index in [2.05, 4.69) is 5.32 Å². The van der Waals surface area contributed by atoms with E-state index >= 15 is 0 Å². The van der Waals surface area contributed by atoms with Gasteiger partial charge in [0.2, 0.25) is 0 Å². The lowest BCUT2D eigenvalue weighted by atomic mass is 9.94. The predicted molar refractivity (Wildman–Crippen MR) is 56.2 cm³/mol. The number of halogens is 2. The third-order valence-corrected chi connectivity index (χ3v) is 3.67. The molecule has 88 valence electrons. The van der Waals surface area contributed by atoms with Gasteiger partial charge in [-0.1, -0.05) is 0 Å². The highest BCUT2D eigenvalue weighted by Crippen LogP contribution is 2.36.